The molecule has 8 rings (SSSR count). The predicted octanol–water partition coefficient (Wildman–Crippen LogP) is 10.3. The first-order chi connectivity index (χ1) is 26.3. The minimum atomic E-state index is -0.813. The predicted molar refractivity (Wildman–Crippen MR) is 155 cm³/mol. The van der Waals surface area contributed by atoms with E-state index in [4.69, 9.17) is 23.9 Å². The Morgan fingerprint density at radius 3 is 1.73 bits per heavy atom. The van der Waals surface area contributed by atoms with E-state index in [0.717, 1.165) is 0 Å². The Labute approximate surface area is 241 Å². The first-order valence-electron chi connectivity index (χ1n) is 20.6. The molecule has 0 saturated carbocycles. The van der Waals surface area contributed by atoms with E-state index in [-0.39, 0.29) is 50.6 Å². The van der Waals surface area contributed by atoms with Gasteiger partial charge >= 0.3 is 0 Å². The van der Waals surface area contributed by atoms with Crippen molar-refractivity contribution in [2.75, 3.05) is 0 Å². The third-order valence-electron chi connectivity index (χ3n) is 6.37. The van der Waals surface area contributed by atoms with Gasteiger partial charge in [0.25, 0.3) is 0 Å². The molecule has 0 atom stereocenters. The number of fused-ring (bicyclic) bond motifs is 4. The van der Waals surface area contributed by atoms with Crippen LogP contribution in [0, 0.1) is 0 Å². The number of rotatable bonds is 2. The molecule has 0 aromatic heterocycles. The van der Waals surface area contributed by atoms with E-state index in [2.05, 4.69) is 0 Å². The highest BCUT2D eigenvalue weighted by molar-refractivity contribution is 6.24. The van der Waals surface area contributed by atoms with Crippen molar-refractivity contribution in [3.8, 4) is 44.9 Å². The second-order valence-corrected chi connectivity index (χ2v) is 8.24. The van der Waals surface area contributed by atoms with E-state index in [1.165, 1.54) is 18.2 Å². The third-order valence-corrected chi connectivity index (χ3v) is 6.37. The monoisotopic (exact) mass is 489 g/mol. The van der Waals surface area contributed by atoms with E-state index >= 15 is 0 Å². The maximum absolute atomic E-state index is 9.25. The zero-order valence-electron chi connectivity index (χ0n) is 37.6. The summed E-state index contributed by atoms with van der Waals surface area (Å²) in [6.07, 6.45) is 0. The molecule has 0 unspecified atom stereocenters. The highest BCUT2D eigenvalue weighted by Gasteiger charge is 2.23. The molecule has 7 aromatic carbocycles. The largest absolute Gasteiger partial charge is 0.456 e. The topological polar surface area (TPSA) is 9.23 Å². The van der Waals surface area contributed by atoms with Crippen LogP contribution in [0.3, 0.4) is 0 Å². The number of para-hydroxylation sites is 1. The number of ether oxygens (including phenoxy) is 1. The zero-order chi connectivity index (χ0) is 40.9. The number of benzene rings is 7. The summed E-state index contributed by atoms with van der Waals surface area (Å²) in [6, 6.07) is -9.47. The van der Waals surface area contributed by atoms with Crippen molar-refractivity contribution in [3.63, 3.8) is 0 Å². The van der Waals surface area contributed by atoms with E-state index in [1.807, 2.05) is 0 Å². The second-order valence-electron chi connectivity index (χ2n) is 8.24. The van der Waals surface area contributed by atoms with Crippen molar-refractivity contribution in [1.82, 2.24) is 0 Å². The van der Waals surface area contributed by atoms with Gasteiger partial charge in [-0.05, 0) is 72.9 Å². The Bertz CT molecular complexity index is 2940. The molecule has 1 aliphatic rings. The molecule has 0 bridgehead atoms. The van der Waals surface area contributed by atoms with Crippen LogP contribution in [0.2, 0.25) is 0 Å². The Balaban J connectivity index is 1.73. The summed E-state index contributed by atoms with van der Waals surface area (Å²) in [5, 5.41) is -1.93. The summed E-state index contributed by atoms with van der Waals surface area (Å²) in [5.74, 6) is -0.0665. The van der Waals surface area contributed by atoms with Gasteiger partial charge in [0, 0.05) is 10.9 Å². The molecular formula is C36H22O. The minimum Gasteiger partial charge on any atom is -0.456 e. The quantitative estimate of drug-likeness (QED) is 0.219. The van der Waals surface area contributed by atoms with Gasteiger partial charge in [0.2, 0.25) is 0 Å². The van der Waals surface area contributed by atoms with Gasteiger partial charge in [0.05, 0.1) is 26.0 Å². The molecule has 7 aromatic rings. The van der Waals surface area contributed by atoms with Crippen LogP contribution >= 0.6 is 0 Å². The van der Waals surface area contributed by atoms with Crippen molar-refractivity contribution >= 4 is 32.3 Å². The Hall–Kier alpha value is -4.88. The lowest BCUT2D eigenvalue weighted by Gasteiger charge is -2.24. The molecule has 1 nitrogen and oxygen atoms in total. The van der Waals surface area contributed by atoms with E-state index in [9.17, 15) is 6.85 Å². The highest BCUT2D eigenvalue weighted by atomic mass is 16.5. The van der Waals surface area contributed by atoms with E-state index in [1.54, 1.807) is 0 Å². The Morgan fingerprint density at radius 1 is 0.405 bits per heavy atom. The lowest BCUT2D eigenvalue weighted by atomic mass is 9.83. The molecule has 0 saturated heterocycles. The molecule has 0 amide bonds. The van der Waals surface area contributed by atoms with Crippen molar-refractivity contribution in [3.05, 3.63) is 133 Å². The Morgan fingerprint density at radius 2 is 1.00 bits per heavy atom. The zero-order valence-corrected chi connectivity index (χ0v) is 18.6. The third kappa shape index (κ3) is 2.92. The molecule has 0 radical (unpaired) electrons. The summed E-state index contributed by atoms with van der Waals surface area (Å²) < 4.78 is 173. The van der Waals surface area contributed by atoms with Crippen LogP contribution in [0.4, 0.5) is 0 Å². The lowest BCUT2D eigenvalue weighted by molar-refractivity contribution is 0.487. The molecule has 1 heteroatoms. The maximum atomic E-state index is 9.25. The fourth-order valence-corrected chi connectivity index (χ4v) is 4.90. The number of hydrogen-bond donors (Lipinski definition) is 0. The van der Waals surface area contributed by atoms with Crippen LogP contribution in [0.25, 0.3) is 65.7 Å². The smallest absolute Gasteiger partial charge is 0.135 e. The average molecular weight is 490 g/mol. The summed E-state index contributed by atoms with van der Waals surface area (Å²) in [4.78, 5) is 0. The van der Waals surface area contributed by atoms with E-state index in [0.29, 0.717) is 0 Å². The van der Waals surface area contributed by atoms with Crippen molar-refractivity contribution < 1.29 is 30.8 Å². The molecule has 172 valence electrons. The molecule has 1 heterocycles. The van der Waals surface area contributed by atoms with Crippen LogP contribution in [-0.4, -0.2) is 0 Å². The van der Waals surface area contributed by atoms with Crippen LogP contribution in [0.15, 0.2) is 133 Å². The van der Waals surface area contributed by atoms with Gasteiger partial charge in [-0.2, -0.15) is 0 Å². The van der Waals surface area contributed by atoms with Gasteiger partial charge in [0.15, 0.2) is 0 Å². The minimum absolute atomic E-state index is 0.00190. The average Bonchev–Trinajstić information content (AvgIpc) is 3.17. The van der Waals surface area contributed by atoms with Crippen molar-refractivity contribution in [1.29, 1.82) is 0 Å². The van der Waals surface area contributed by atoms with Crippen LogP contribution < -0.4 is 4.74 Å². The maximum Gasteiger partial charge on any atom is 0.135 e. The van der Waals surface area contributed by atoms with Gasteiger partial charge in [-0.1, -0.05) is 115 Å². The first-order valence-corrected chi connectivity index (χ1v) is 11.1. The fraction of sp³-hybridized carbons (Fsp3) is 0. The van der Waals surface area contributed by atoms with Gasteiger partial charge in [0.1, 0.15) is 11.5 Å². The van der Waals surface area contributed by atoms with Gasteiger partial charge in [-0.25, -0.2) is 0 Å². The van der Waals surface area contributed by atoms with Crippen LogP contribution in [-0.2, 0) is 0 Å². The van der Waals surface area contributed by atoms with E-state index < -0.39 is 141 Å². The molecule has 37 heavy (non-hydrogen) atoms. The van der Waals surface area contributed by atoms with Crippen LogP contribution in [0.1, 0.15) is 26.0 Å². The van der Waals surface area contributed by atoms with Crippen molar-refractivity contribution in [2.24, 2.45) is 0 Å². The number of hydrogen-bond acceptors (Lipinski definition) is 1. The SMILES string of the molecule is [2H]c1cc2c(c([2H])c1[2H])-c1c([2H])c([2H])c([2H])c3c(-c4c5c([2H])c([2H])c([2H])c([2H])c5c(-c5c([2H])c([2H])c([2H])c([2H])c5[2H])c5c([2H])c([2H])c([2H])c([2H])c45)ccc(c13)O2. The lowest BCUT2D eigenvalue weighted by Crippen LogP contribution is -1.98. The van der Waals surface area contributed by atoms with Gasteiger partial charge in [-0.15, -0.1) is 0 Å². The fourth-order valence-electron chi connectivity index (χ4n) is 4.90. The summed E-state index contributed by atoms with van der Waals surface area (Å²) in [6.45, 7) is 0. The normalized spacial score (nSPS) is 19.2. The molecule has 0 spiro atoms. The van der Waals surface area contributed by atoms with Crippen LogP contribution in [0.5, 0.6) is 11.5 Å². The second kappa shape index (κ2) is 7.81. The highest BCUT2D eigenvalue weighted by Crippen LogP contribution is 2.51. The molecule has 1 aliphatic heterocycles. The molecule has 0 fully saturated rings. The Kier molecular flexibility index (Phi) is 1.94. The van der Waals surface area contributed by atoms with Gasteiger partial charge in [-0.3, -0.25) is 0 Å². The van der Waals surface area contributed by atoms with Gasteiger partial charge < -0.3 is 4.74 Å². The summed E-state index contributed by atoms with van der Waals surface area (Å²) >= 11 is 0. The molecule has 0 N–H and O–H groups in total. The summed E-state index contributed by atoms with van der Waals surface area (Å²) in [5.41, 5.74) is -1.70. The molecular weight excluding hydrogens is 448 g/mol. The molecule has 0 aliphatic carbocycles. The first kappa shape index (κ1) is 9.21. The standard InChI is InChI=1S/C36H22O/c1-2-11-23(12-3-1)34-26-14-4-6-16-28(26)35(29-17-7-5-15-27(29)34)31-21-22-33-36-25(18-10-19-30(31)36)24-13-8-9-20-32(24)37-33/h1-22H/i1D,2D,3D,4D,5D,6D,7D,8D,9D,10D,11D,12D,13D,14D,15D,16D,17D,18D,19D. The van der Waals surface area contributed by atoms with Crippen molar-refractivity contribution in [2.45, 2.75) is 0 Å². The summed E-state index contributed by atoms with van der Waals surface area (Å²) in [7, 11) is 0.